The lowest BCUT2D eigenvalue weighted by molar-refractivity contribution is 0.526. The summed E-state index contributed by atoms with van der Waals surface area (Å²) in [5, 5.41) is 2.75. The Kier molecular flexibility index (Phi) is 44.7. The van der Waals surface area contributed by atoms with Crippen molar-refractivity contribution in [3.8, 4) is 0 Å². The summed E-state index contributed by atoms with van der Waals surface area (Å²) >= 11 is 0. The first-order valence-corrected chi connectivity index (χ1v) is 13.8. The predicted molar refractivity (Wildman–Crippen MR) is 139 cm³/mol. The van der Waals surface area contributed by atoms with Crippen LogP contribution >= 0.6 is 0 Å². The summed E-state index contributed by atoms with van der Waals surface area (Å²) in [5.41, 5.74) is 0. The average Bonchev–Trinajstić information content (AvgIpc) is 2.73. The van der Waals surface area contributed by atoms with Gasteiger partial charge in [0.05, 0.1) is 0 Å². The highest BCUT2D eigenvalue weighted by Crippen LogP contribution is 2.14. The SMILES string of the molecule is CCCCCC.CCCCCCCCCCCCCCCCCCCC.CNC. The van der Waals surface area contributed by atoms with Crippen LogP contribution in [0.25, 0.3) is 0 Å². The Morgan fingerprint density at radius 1 is 0.276 bits per heavy atom. The van der Waals surface area contributed by atoms with Crippen LogP contribution in [0.4, 0.5) is 0 Å². The van der Waals surface area contributed by atoms with Gasteiger partial charge in [-0.15, -0.1) is 0 Å². The molecule has 0 aromatic heterocycles. The molecule has 29 heavy (non-hydrogen) atoms. The van der Waals surface area contributed by atoms with Gasteiger partial charge in [0.25, 0.3) is 0 Å². The fraction of sp³-hybridized carbons (Fsp3) is 1.00. The fourth-order valence-electron chi connectivity index (χ4n) is 3.47. The van der Waals surface area contributed by atoms with Gasteiger partial charge in [0.2, 0.25) is 0 Å². The van der Waals surface area contributed by atoms with Gasteiger partial charge in [0, 0.05) is 0 Å². The lowest BCUT2D eigenvalue weighted by atomic mass is 10.0. The molecule has 0 rings (SSSR count). The summed E-state index contributed by atoms with van der Waals surface area (Å²) in [6, 6.07) is 0. The molecule has 0 aromatic carbocycles. The maximum atomic E-state index is 2.75. The van der Waals surface area contributed by atoms with E-state index in [9.17, 15) is 0 Å². The van der Waals surface area contributed by atoms with Gasteiger partial charge in [-0.1, -0.05) is 169 Å². The third-order valence-electron chi connectivity index (χ3n) is 5.41. The molecule has 0 saturated heterocycles. The second-order valence-corrected chi connectivity index (χ2v) is 8.86. The summed E-state index contributed by atoms with van der Waals surface area (Å²) in [4.78, 5) is 0. The van der Waals surface area contributed by atoms with E-state index in [1.54, 1.807) is 0 Å². The zero-order valence-corrected chi connectivity index (χ0v) is 22.1. The summed E-state index contributed by atoms with van der Waals surface area (Å²) < 4.78 is 0. The number of hydrogen-bond acceptors (Lipinski definition) is 1. The summed E-state index contributed by atoms with van der Waals surface area (Å²) in [7, 11) is 3.75. The first-order valence-electron chi connectivity index (χ1n) is 13.8. The molecule has 1 nitrogen and oxygen atoms in total. The zero-order chi connectivity index (χ0) is 22.3. The van der Waals surface area contributed by atoms with E-state index in [4.69, 9.17) is 0 Å². The minimum atomic E-state index is 1.36. The van der Waals surface area contributed by atoms with Crippen molar-refractivity contribution in [2.75, 3.05) is 14.1 Å². The van der Waals surface area contributed by atoms with E-state index in [1.807, 2.05) is 14.1 Å². The topological polar surface area (TPSA) is 12.0 Å². The van der Waals surface area contributed by atoms with Crippen LogP contribution in [0.2, 0.25) is 0 Å². The van der Waals surface area contributed by atoms with Gasteiger partial charge in [-0.05, 0) is 14.1 Å². The van der Waals surface area contributed by atoms with Gasteiger partial charge in [0.1, 0.15) is 0 Å². The number of rotatable bonds is 20. The molecule has 0 saturated carbocycles. The predicted octanol–water partition coefficient (Wildman–Crippen LogP) is 10.5. The molecule has 0 aliphatic rings. The summed E-state index contributed by atoms with van der Waals surface area (Å²) in [5.74, 6) is 0. The van der Waals surface area contributed by atoms with E-state index in [1.165, 1.54) is 141 Å². The molecule has 0 heterocycles. The van der Waals surface area contributed by atoms with Crippen molar-refractivity contribution in [2.45, 2.75) is 169 Å². The van der Waals surface area contributed by atoms with Crippen LogP contribution < -0.4 is 5.32 Å². The smallest absolute Gasteiger partial charge is 0.0167 e. The van der Waals surface area contributed by atoms with Crippen molar-refractivity contribution in [3.05, 3.63) is 0 Å². The summed E-state index contributed by atoms with van der Waals surface area (Å²) in [6.07, 6.45) is 31.9. The molecule has 0 unspecified atom stereocenters. The Labute approximate surface area is 188 Å². The van der Waals surface area contributed by atoms with Crippen molar-refractivity contribution in [1.82, 2.24) is 5.32 Å². The highest BCUT2D eigenvalue weighted by molar-refractivity contribution is 4.50. The Balaban J connectivity index is -0.000000625. The molecule has 0 amide bonds. The van der Waals surface area contributed by atoms with Gasteiger partial charge >= 0.3 is 0 Å². The van der Waals surface area contributed by atoms with Crippen molar-refractivity contribution in [3.63, 3.8) is 0 Å². The van der Waals surface area contributed by atoms with Crippen LogP contribution in [-0.4, -0.2) is 14.1 Å². The van der Waals surface area contributed by atoms with E-state index in [0.717, 1.165) is 0 Å². The molecule has 1 N–H and O–H groups in total. The molecule has 0 atom stereocenters. The normalized spacial score (nSPS) is 10.1. The van der Waals surface area contributed by atoms with Crippen molar-refractivity contribution >= 4 is 0 Å². The maximum Gasteiger partial charge on any atom is -0.0167 e. The molecular weight excluding hydrogens is 350 g/mol. The quantitative estimate of drug-likeness (QED) is 0.196. The van der Waals surface area contributed by atoms with Crippen molar-refractivity contribution < 1.29 is 0 Å². The van der Waals surface area contributed by atoms with Crippen LogP contribution in [0.15, 0.2) is 0 Å². The minimum absolute atomic E-state index is 1.36. The molecule has 1 heteroatoms. The van der Waals surface area contributed by atoms with E-state index in [2.05, 4.69) is 33.0 Å². The monoisotopic (exact) mass is 413 g/mol. The van der Waals surface area contributed by atoms with Crippen molar-refractivity contribution in [1.29, 1.82) is 0 Å². The minimum Gasteiger partial charge on any atom is -0.323 e. The first-order chi connectivity index (χ1) is 14.2. The van der Waals surface area contributed by atoms with E-state index >= 15 is 0 Å². The zero-order valence-electron chi connectivity index (χ0n) is 22.1. The lowest BCUT2D eigenvalue weighted by Gasteiger charge is -2.03. The molecule has 0 bridgehead atoms. The van der Waals surface area contributed by atoms with Crippen molar-refractivity contribution in [2.24, 2.45) is 0 Å². The maximum absolute atomic E-state index is 2.75. The third kappa shape index (κ3) is 47.3. The summed E-state index contributed by atoms with van der Waals surface area (Å²) in [6.45, 7) is 9.06. The van der Waals surface area contributed by atoms with Crippen LogP contribution in [-0.2, 0) is 0 Å². The van der Waals surface area contributed by atoms with Crippen LogP contribution in [0.3, 0.4) is 0 Å². The Morgan fingerprint density at radius 2 is 0.379 bits per heavy atom. The largest absolute Gasteiger partial charge is 0.323 e. The van der Waals surface area contributed by atoms with Gasteiger partial charge in [-0.25, -0.2) is 0 Å². The Morgan fingerprint density at radius 3 is 0.517 bits per heavy atom. The lowest BCUT2D eigenvalue weighted by Crippen LogP contribution is -1.89. The molecule has 0 fully saturated rings. The van der Waals surface area contributed by atoms with Crippen LogP contribution in [0, 0.1) is 0 Å². The standard InChI is InChI=1S/C20H42.C6H14.C2H7N/c1-3-5-7-9-11-13-15-17-19-20-18-16-14-12-10-8-6-4-2;1-3-5-6-4-2;1-3-2/h3-20H2,1-2H3;3-6H2,1-2H3;3H,1-2H3. The third-order valence-corrected chi connectivity index (χ3v) is 5.41. The van der Waals surface area contributed by atoms with Crippen LogP contribution in [0.5, 0.6) is 0 Å². The van der Waals surface area contributed by atoms with E-state index < -0.39 is 0 Å². The fourth-order valence-corrected chi connectivity index (χ4v) is 3.47. The number of nitrogens with one attached hydrogen (secondary N) is 1. The molecule has 0 spiro atoms. The second-order valence-electron chi connectivity index (χ2n) is 8.86. The molecule has 0 aromatic rings. The van der Waals surface area contributed by atoms with Gasteiger partial charge in [0.15, 0.2) is 0 Å². The number of hydrogen-bond donors (Lipinski definition) is 1. The van der Waals surface area contributed by atoms with E-state index in [0.29, 0.717) is 0 Å². The van der Waals surface area contributed by atoms with Gasteiger partial charge in [-0.3, -0.25) is 0 Å². The molecule has 180 valence electrons. The molecular formula is C28H63N. The molecule has 0 aliphatic heterocycles. The Bertz CT molecular complexity index is 192. The van der Waals surface area contributed by atoms with Gasteiger partial charge in [-0.2, -0.15) is 0 Å². The average molecular weight is 414 g/mol. The second kappa shape index (κ2) is 38.6. The highest BCUT2D eigenvalue weighted by Gasteiger charge is 1.94. The van der Waals surface area contributed by atoms with E-state index in [-0.39, 0.29) is 0 Å². The van der Waals surface area contributed by atoms with Gasteiger partial charge < -0.3 is 5.32 Å². The highest BCUT2D eigenvalue weighted by atomic mass is 14.7. The number of unbranched alkanes of at least 4 members (excludes halogenated alkanes) is 20. The Hall–Kier alpha value is -0.0400. The molecule has 0 radical (unpaired) electrons. The van der Waals surface area contributed by atoms with Crippen LogP contribution in [0.1, 0.15) is 169 Å². The first kappa shape index (κ1) is 33.6. The molecule has 0 aliphatic carbocycles.